The molecule has 0 aromatic heterocycles. The summed E-state index contributed by atoms with van der Waals surface area (Å²) in [7, 11) is 0. The third-order valence-electron chi connectivity index (χ3n) is 6.69. The Labute approximate surface area is 211 Å². The van der Waals surface area contributed by atoms with Gasteiger partial charge < -0.3 is 5.32 Å². The number of carbonyl (C=O) groups is 2. The number of alkyl halides is 3. The highest BCUT2D eigenvalue weighted by molar-refractivity contribution is 6.31. The van der Waals surface area contributed by atoms with Gasteiger partial charge in [-0.25, -0.2) is 0 Å². The molecule has 0 saturated heterocycles. The lowest BCUT2D eigenvalue weighted by atomic mass is 9.78. The standard InChI is InChI=1S/C28H22ClF3N2O2/c1-16-10-12-17(13-11-16)26-25-22(14-18(15-24(25)35)19-6-2-3-7-20(19)29)33-21-8-4-5-9-23(21)34(26)27(36)28(30,31)32/h2-13,18,26,33H,14-15H2,1H3. The van der Waals surface area contributed by atoms with Crippen LogP contribution in [0.5, 0.6) is 0 Å². The van der Waals surface area contributed by atoms with Crippen LogP contribution in [-0.2, 0) is 9.59 Å². The Morgan fingerprint density at radius 2 is 1.64 bits per heavy atom. The van der Waals surface area contributed by atoms with Gasteiger partial charge in [0.25, 0.3) is 0 Å². The lowest BCUT2D eigenvalue weighted by molar-refractivity contribution is -0.170. The largest absolute Gasteiger partial charge is 0.471 e. The predicted octanol–water partition coefficient (Wildman–Crippen LogP) is 7.11. The fourth-order valence-electron chi connectivity index (χ4n) is 5.04. The van der Waals surface area contributed by atoms with Crippen LogP contribution >= 0.6 is 11.6 Å². The lowest BCUT2D eigenvalue weighted by Gasteiger charge is -2.35. The van der Waals surface area contributed by atoms with E-state index in [1.54, 1.807) is 54.6 Å². The van der Waals surface area contributed by atoms with E-state index in [2.05, 4.69) is 5.32 Å². The van der Waals surface area contributed by atoms with E-state index in [0.717, 1.165) is 11.1 Å². The van der Waals surface area contributed by atoms with Crippen LogP contribution in [0.4, 0.5) is 24.5 Å². The quantitative estimate of drug-likeness (QED) is 0.399. The van der Waals surface area contributed by atoms with Gasteiger partial charge in [0, 0.05) is 22.7 Å². The van der Waals surface area contributed by atoms with Gasteiger partial charge in [0.05, 0.1) is 17.4 Å². The molecule has 1 heterocycles. The molecule has 5 rings (SSSR count). The number of ketones is 1. The molecular formula is C28H22ClF3N2O2. The van der Waals surface area contributed by atoms with E-state index >= 15 is 0 Å². The van der Waals surface area contributed by atoms with Crippen molar-refractivity contribution in [3.8, 4) is 0 Å². The Bertz CT molecular complexity index is 1380. The van der Waals surface area contributed by atoms with Crippen molar-refractivity contribution in [2.75, 3.05) is 10.2 Å². The molecule has 1 amide bonds. The monoisotopic (exact) mass is 510 g/mol. The molecule has 0 spiro atoms. The smallest absolute Gasteiger partial charge is 0.357 e. The molecule has 2 atom stereocenters. The van der Waals surface area contributed by atoms with Crippen molar-refractivity contribution in [3.63, 3.8) is 0 Å². The number of hydrogen-bond donors (Lipinski definition) is 1. The molecule has 4 nitrogen and oxygen atoms in total. The van der Waals surface area contributed by atoms with Gasteiger partial charge in [-0.15, -0.1) is 0 Å². The molecule has 36 heavy (non-hydrogen) atoms. The topological polar surface area (TPSA) is 49.4 Å². The Morgan fingerprint density at radius 3 is 2.33 bits per heavy atom. The normalized spacial score (nSPS) is 19.8. The molecule has 2 unspecified atom stereocenters. The summed E-state index contributed by atoms with van der Waals surface area (Å²) in [5.41, 5.74) is 3.17. The number of fused-ring (bicyclic) bond motifs is 1. The number of rotatable bonds is 2. The second kappa shape index (κ2) is 9.13. The summed E-state index contributed by atoms with van der Waals surface area (Å²) < 4.78 is 41.8. The molecular weight excluding hydrogens is 489 g/mol. The van der Waals surface area contributed by atoms with E-state index in [1.807, 2.05) is 19.1 Å². The molecule has 8 heteroatoms. The Balaban J connectivity index is 1.74. The van der Waals surface area contributed by atoms with E-state index in [-0.39, 0.29) is 29.4 Å². The van der Waals surface area contributed by atoms with Gasteiger partial charge in [-0.1, -0.05) is 71.8 Å². The van der Waals surface area contributed by atoms with Gasteiger partial charge in [-0.05, 0) is 48.6 Å². The van der Waals surface area contributed by atoms with Crippen LogP contribution in [0.15, 0.2) is 84.1 Å². The molecule has 1 aliphatic carbocycles. The first-order valence-corrected chi connectivity index (χ1v) is 11.9. The highest BCUT2D eigenvalue weighted by Crippen LogP contribution is 2.49. The second-order valence-corrected chi connectivity index (χ2v) is 9.48. The average Bonchev–Trinajstić information content (AvgIpc) is 2.98. The van der Waals surface area contributed by atoms with Gasteiger partial charge in [0.15, 0.2) is 5.78 Å². The van der Waals surface area contributed by atoms with Crippen LogP contribution in [-0.4, -0.2) is 17.9 Å². The van der Waals surface area contributed by atoms with Crippen molar-refractivity contribution in [2.24, 2.45) is 0 Å². The molecule has 184 valence electrons. The number of nitrogens with zero attached hydrogens (tertiary/aromatic N) is 1. The van der Waals surface area contributed by atoms with Crippen LogP contribution < -0.4 is 10.2 Å². The number of allylic oxidation sites excluding steroid dienone is 1. The van der Waals surface area contributed by atoms with E-state index in [0.29, 0.717) is 33.3 Å². The van der Waals surface area contributed by atoms with E-state index in [1.165, 1.54) is 6.07 Å². The zero-order chi connectivity index (χ0) is 25.6. The highest BCUT2D eigenvalue weighted by atomic mass is 35.5. The predicted molar refractivity (Wildman–Crippen MR) is 133 cm³/mol. The van der Waals surface area contributed by atoms with Crippen molar-refractivity contribution in [2.45, 2.75) is 37.9 Å². The van der Waals surface area contributed by atoms with Crippen molar-refractivity contribution >= 4 is 34.7 Å². The number of Topliss-reactive ketones (excluding diaryl/α,β-unsaturated/α-hetero) is 1. The Morgan fingerprint density at radius 1 is 0.972 bits per heavy atom. The first-order valence-electron chi connectivity index (χ1n) is 11.5. The van der Waals surface area contributed by atoms with Crippen molar-refractivity contribution in [1.82, 2.24) is 0 Å². The van der Waals surface area contributed by atoms with Crippen LogP contribution in [0.2, 0.25) is 5.02 Å². The molecule has 3 aromatic carbocycles. The summed E-state index contributed by atoms with van der Waals surface area (Å²) in [4.78, 5) is 27.4. The molecule has 0 saturated carbocycles. The van der Waals surface area contributed by atoms with Crippen LogP contribution in [0.1, 0.15) is 41.5 Å². The minimum Gasteiger partial charge on any atom is -0.357 e. The fraction of sp³-hybridized carbons (Fsp3) is 0.214. The zero-order valence-electron chi connectivity index (χ0n) is 19.3. The third kappa shape index (κ3) is 4.28. The molecule has 0 bridgehead atoms. The first-order chi connectivity index (χ1) is 17.1. The summed E-state index contributed by atoms with van der Waals surface area (Å²) >= 11 is 6.42. The summed E-state index contributed by atoms with van der Waals surface area (Å²) in [6.07, 6.45) is -4.72. The average molecular weight is 511 g/mol. The Kier molecular flexibility index (Phi) is 6.12. The van der Waals surface area contributed by atoms with Gasteiger partial charge in [-0.3, -0.25) is 14.5 Å². The number of aryl methyl sites for hydroxylation is 1. The van der Waals surface area contributed by atoms with Gasteiger partial charge >= 0.3 is 12.1 Å². The van der Waals surface area contributed by atoms with Crippen molar-refractivity contribution in [1.29, 1.82) is 0 Å². The van der Waals surface area contributed by atoms with Crippen LogP contribution in [0, 0.1) is 6.92 Å². The number of nitrogens with one attached hydrogen (secondary N) is 1. The minimum atomic E-state index is -5.14. The number of amides is 1. The molecule has 1 N–H and O–H groups in total. The number of halogens is 4. The van der Waals surface area contributed by atoms with E-state index in [9.17, 15) is 22.8 Å². The maximum atomic E-state index is 13.9. The second-order valence-electron chi connectivity index (χ2n) is 9.07. The van der Waals surface area contributed by atoms with Gasteiger partial charge in [0.1, 0.15) is 0 Å². The molecule has 2 aliphatic rings. The summed E-state index contributed by atoms with van der Waals surface area (Å²) in [6, 6.07) is 19.2. The fourth-order valence-corrected chi connectivity index (χ4v) is 5.33. The Hall–Kier alpha value is -3.58. The maximum absolute atomic E-state index is 13.9. The summed E-state index contributed by atoms with van der Waals surface area (Å²) in [5, 5.41) is 3.74. The molecule has 0 fully saturated rings. The SMILES string of the molecule is Cc1ccc(C2C3=C(CC(c4ccccc4Cl)CC3=O)Nc3ccccc3N2C(=O)C(F)(F)F)cc1. The molecule has 1 aliphatic heterocycles. The van der Waals surface area contributed by atoms with Crippen molar-refractivity contribution < 1.29 is 22.8 Å². The first kappa shape index (κ1) is 24.1. The minimum absolute atomic E-state index is 0.0573. The van der Waals surface area contributed by atoms with Gasteiger partial charge in [0.2, 0.25) is 0 Å². The van der Waals surface area contributed by atoms with Crippen LogP contribution in [0.25, 0.3) is 0 Å². The number of para-hydroxylation sites is 2. The summed E-state index contributed by atoms with van der Waals surface area (Å²) in [6.45, 7) is 1.86. The third-order valence-corrected chi connectivity index (χ3v) is 7.03. The van der Waals surface area contributed by atoms with E-state index < -0.39 is 18.1 Å². The number of benzene rings is 3. The number of carbonyl (C=O) groups excluding carboxylic acids is 2. The van der Waals surface area contributed by atoms with Crippen molar-refractivity contribution in [3.05, 3.63) is 106 Å². The molecule has 3 aromatic rings. The lowest BCUT2D eigenvalue weighted by Crippen LogP contribution is -2.45. The number of anilines is 2. The zero-order valence-corrected chi connectivity index (χ0v) is 20.0. The molecule has 0 radical (unpaired) electrons. The summed E-state index contributed by atoms with van der Waals surface area (Å²) in [5.74, 6) is -2.61. The number of hydrogen-bond acceptors (Lipinski definition) is 3. The maximum Gasteiger partial charge on any atom is 0.471 e. The van der Waals surface area contributed by atoms with Gasteiger partial charge in [-0.2, -0.15) is 13.2 Å². The van der Waals surface area contributed by atoms with Crippen LogP contribution in [0.3, 0.4) is 0 Å². The van der Waals surface area contributed by atoms with E-state index in [4.69, 9.17) is 11.6 Å². The highest BCUT2D eigenvalue weighted by Gasteiger charge is 2.50.